The SMILES string of the molecule is [B]N[B]N(C)SC. The topological polar surface area (TPSA) is 15.3 Å². The van der Waals surface area contributed by atoms with Crippen LogP contribution < -0.4 is 5.14 Å². The molecule has 0 saturated heterocycles. The first-order valence-corrected chi connectivity index (χ1v) is 3.06. The van der Waals surface area contributed by atoms with Crippen molar-refractivity contribution in [1.29, 1.82) is 0 Å². The molecule has 0 saturated carbocycles. The minimum absolute atomic E-state index is 1.58. The van der Waals surface area contributed by atoms with Crippen LogP contribution in [0.2, 0.25) is 0 Å². The minimum Gasteiger partial charge on any atom is -0.397 e. The van der Waals surface area contributed by atoms with Gasteiger partial charge in [-0.2, -0.15) is 0 Å². The van der Waals surface area contributed by atoms with E-state index in [0.29, 0.717) is 0 Å². The van der Waals surface area contributed by atoms with Gasteiger partial charge >= 0.3 is 7.55 Å². The highest BCUT2D eigenvalue weighted by atomic mass is 32.2. The van der Waals surface area contributed by atoms with Gasteiger partial charge in [-0.05, 0) is 13.3 Å². The van der Waals surface area contributed by atoms with Crippen LogP contribution >= 0.6 is 11.9 Å². The van der Waals surface area contributed by atoms with Gasteiger partial charge in [0.2, 0.25) is 0 Å². The van der Waals surface area contributed by atoms with E-state index in [0.717, 1.165) is 0 Å². The van der Waals surface area contributed by atoms with E-state index in [1.165, 1.54) is 0 Å². The van der Waals surface area contributed by atoms with Crippen molar-refractivity contribution < 1.29 is 0 Å². The lowest BCUT2D eigenvalue weighted by atomic mass is 10.1. The Morgan fingerprint density at radius 1 is 1.86 bits per heavy atom. The van der Waals surface area contributed by atoms with Gasteiger partial charge in [-0.3, -0.25) is 4.22 Å². The lowest BCUT2D eigenvalue weighted by Crippen LogP contribution is -2.28. The average molecular weight is 113 g/mol. The molecule has 0 aromatic rings. The molecule has 0 aromatic heterocycles. The highest BCUT2D eigenvalue weighted by Gasteiger charge is 1.91. The zero-order valence-electron chi connectivity index (χ0n) is 4.51. The largest absolute Gasteiger partial charge is 0.397 e. The van der Waals surface area contributed by atoms with E-state index in [4.69, 9.17) is 7.98 Å². The molecule has 0 fully saturated rings. The van der Waals surface area contributed by atoms with Gasteiger partial charge in [0, 0.05) is 0 Å². The van der Waals surface area contributed by atoms with Crippen molar-refractivity contribution in [3.05, 3.63) is 0 Å². The van der Waals surface area contributed by atoms with Gasteiger partial charge in [0.25, 0.3) is 0 Å². The van der Waals surface area contributed by atoms with Crippen LogP contribution in [0.3, 0.4) is 0 Å². The summed E-state index contributed by atoms with van der Waals surface area (Å²) in [4.78, 5) is 0. The molecule has 37 valence electrons. The van der Waals surface area contributed by atoms with Crippen molar-refractivity contribution in [3.63, 3.8) is 0 Å². The molecule has 0 heterocycles. The Balaban J connectivity index is 2.83. The van der Waals surface area contributed by atoms with Crippen LogP contribution in [0.25, 0.3) is 0 Å². The second kappa shape index (κ2) is 4.56. The molecule has 7 heavy (non-hydrogen) atoms. The summed E-state index contributed by atoms with van der Waals surface area (Å²) >= 11 is 1.58. The van der Waals surface area contributed by atoms with E-state index in [2.05, 4.69) is 5.14 Å². The highest BCUT2D eigenvalue weighted by Crippen LogP contribution is 1.93. The first-order valence-electron chi connectivity index (χ1n) is 1.87. The summed E-state index contributed by atoms with van der Waals surface area (Å²) in [5.41, 5.74) is 0. The van der Waals surface area contributed by atoms with Crippen molar-refractivity contribution in [2.45, 2.75) is 0 Å². The smallest absolute Gasteiger partial charge is 0.307 e. The normalized spacial score (nSPS) is 9.57. The van der Waals surface area contributed by atoms with Crippen LogP contribution in [0.15, 0.2) is 0 Å². The molecular formula is C2H7B2N2S. The van der Waals surface area contributed by atoms with E-state index in [1.807, 2.05) is 17.5 Å². The Kier molecular flexibility index (Phi) is 4.82. The van der Waals surface area contributed by atoms with Crippen molar-refractivity contribution in [3.8, 4) is 0 Å². The van der Waals surface area contributed by atoms with E-state index in [1.54, 1.807) is 19.5 Å². The summed E-state index contributed by atoms with van der Waals surface area (Å²) in [5.74, 6) is 0. The molecule has 0 amide bonds. The number of hydrogen-bond donors (Lipinski definition) is 1. The molecular weight excluding hydrogens is 106 g/mol. The van der Waals surface area contributed by atoms with E-state index >= 15 is 0 Å². The summed E-state index contributed by atoms with van der Waals surface area (Å²) in [7, 11) is 8.52. The Morgan fingerprint density at radius 2 is 2.43 bits per heavy atom. The maximum atomic E-state index is 4.94. The van der Waals surface area contributed by atoms with Gasteiger partial charge in [-0.25, -0.2) is 0 Å². The zero-order chi connectivity index (χ0) is 5.70. The Labute approximate surface area is 50.9 Å². The Morgan fingerprint density at radius 3 is 2.57 bits per heavy atom. The van der Waals surface area contributed by atoms with Gasteiger partial charge in [0.15, 0.2) is 7.98 Å². The second-order valence-corrected chi connectivity index (χ2v) is 1.97. The molecule has 0 spiro atoms. The molecule has 0 unspecified atom stereocenters. The lowest BCUT2D eigenvalue weighted by Gasteiger charge is -2.07. The third kappa shape index (κ3) is 4.25. The predicted octanol–water partition coefficient (Wildman–Crippen LogP) is -0.597. The molecule has 2 nitrogen and oxygen atoms in total. The van der Waals surface area contributed by atoms with Crippen LogP contribution in [-0.2, 0) is 0 Å². The molecule has 0 aliphatic carbocycles. The number of rotatable bonds is 3. The zero-order valence-corrected chi connectivity index (χ0v) is 5.33. The molecule has 0 bridgehead atoms. The van der Waals surface area contributed by atoms with Crippen molar-refractivity contribution in [2.24, 2.45) is 0 Å². The van der Waals surface area contributed by atoms with Gasteiger partial charge in [0.05, 0.1) is 0 Å². The number of nitrogens with one attached hydrogen (secondary N) is 1. The molecule has 0 aliphatic heterocycles. The first-order chi connectivity index (χ1) is 3.31. The second-order valence-electron chi connectivity index (χ2n) is 1.02. The summed E-state index contributed by atoms with van der Waals surface area (Å²) in [6.07, 6.45) is 1.97. The number of nitrogens with zero attached hydrogens (tertiary/aromatic N) is 1. The molecule has 5 heteroatoms. The van der Waals surface area contributed by atoms with Gasteiger partial charge in [0.1, 0.15) is 0 Å². The Bertz CT molecular complexity index is 44.7. The minimum atomic E-state index is 1.58. The summed E-state index contributed by atoms with van der Waals surface area (Å²) in [5, 5.41) is 2.40. The first kappa shape index (κ1) is 7.40. The fourth-order valence-electron chi connectivity index (χ4n) is 0.158. The van der Waals surface area contributed by atoms with Gasteiger partial charge < -0.3 is 5.14 Å². The van der Waals surface area contributed by atoms with Crippen molar-refractivity contribution in [2.75, 3.05) is 13.3 Å². The van der Waals surface area contributed by atoms with Crippen molar-refractivity contribution in [1.82, 2.24) is 9.36 Å². The molecule has 3 radical (unpaired) electrons. The monoisotopic (exact) mass is 113 g/mol. The molecule has 1 N–H and O–H groups in total. The Hall–Kier alpha value is 0.400. The third-order valence-electron chi connectivity index (χ3n) is 0.544. The molecule has 0 atom stereocenters. The van der Waals surface area contributed by atoms with Crippen LogP contribution in [0, 0.1) is 0 Å². The van der Waals surface area contributed by atoms with E-state index < -0.39 is 0 Å². The summed E-state index contributed by atoms with van der Waals surface area (Å²) < 4.78 is 1.86. The molecule has 0 rings (SSSR count). The third-order valence-corrected chi connectivity index (χ3v) is 1.23. The van der Waals surface area contributed by atoms with Crippen LogP contribution in [-0.4, -0.2) is 33.1 Å². The maximum Gasteiger partial charge on any atom is 0.307 e. The van der Waals surface area contributed by atoms with Crippen LogP contribution in [0.4, 0.5) is 0 Å². The molecule has 0 aromatic carbocycles. The fourth-order valence-corrected chi connectivity index (χ4v) is 0.324. The fraction of sp³-hybridized carbons (Fsp3) is 1.00. The van der Waals surface area contributed by atoms with Gasteiger partial charge in [-0.1, -0.05) is 11.9 Å². The van der Waals surface area contributed by atoms with E-state index in [-0.39, 0.29) is 0 Å². The standard InChI is InChI=1S/C2H7B2N2S/c1-6(7-2)4-5-3/h5H,1-2H3. The molecule has 0 aliphatic rings. The summed E-state index contributed by atoms with van der Waals surface area (Å²) in [6, 6.07) is 0. The number of hydrogen-bond acceptors (Lipinski definition) is 3. The quantitative estimate of drug-likeness (QED) is 0.388. The van der Waals surface area contributed by atoms with E-state index in [9.17, 15) is 0 Å². The van der Waals surface area contributed by atoms with Crippen LogP contribution in [0.1, 0.15) is 0 Å². The maximum absolute atomic E-state index is 4.94. The summed E-state index contributed by atoms with van der Waals surface area (Å²) in [6.45, 7) is 0. The van der Waals surface area contributed by atoms with Crippen LogP contribution in [0.5, 0.6) is 0 Å². The van der Waals surface area contributed by atoms with Crippen molar-refractivity contribution >= 4 is 27.5 Å². The average Bonchev–Trinajstić information content (AvgIpc) is 1.68. The predicted molar refractivity (Wildman–Crippen MR) is 35.9 cm³/mol. The highest BCUT2D eigenvalue weighted by molar-refractivity contribution is 7.97. The lowest BCUT2D eigenvalue weighted by molar-refractivity contribution is 0.888. The van der Waals surface area contributed by atoms with Gasteiger partial charge in [-0.15, -0.1) is 0 Å².